The summed E-state index contributed by atoms with van der Waals surface area (Å²) in [6.07, 6.45) is -4.78. The Morgan fingerprint density at radius 3 is 2.46 bits per heavy atom. The van der Waals surface area contributed by atoms with E-state index in [1.54, 1.807) is 0 Å². The second-order valence-corrected chi connectivity index (χ2v) is 6.15. The van der Waals surface area contributed by atoms with Crippen molar-refractivity contribution >= 4 is 5.91 Å². The molecule has 0 spiro atoms. The van der Waals surface area contributed by atoms with Gasteiger partial charge in [-0.25, -0.2) is 8.78 Å². The van der Waals surface area contributed by atoms with Crippen molar-refractivity contribution in [3.8, 4) is 11.4 Å². The van der Waals surface area contributed by atoms with E-state index in [1.165, 1.54) is 29.2 Å². The van der Waals surface area contributed by atoms with Gasteiger partial charge < -0.3 is 9.42 Å². The first-order valence-electron chi connectivity index (χ1n) is 8.00. The molecule has 0 aliphatic carbocycles. The number of benzene rings is 2. The van der Waals surface area contributed by atoms with Gasteiger partial charge in [-0.15, -0.1) is 0 Å². The van der Waals surface area contributed by atoms with Gasteiger partial charge in [0.25, 0.3) is 5.91 Å². The largest absolute Gasteiger partial charge is 0.471 e. The monoisotopic (exact) mass is 395 g/mol. The summed E-state index contributed by atoms with van der Waals surface area (Å²) in [5, 5.41) is 3.28. The van der Waals surface area contributed by atoms with Crippen molar-refractivity contribution in [3.05, 3.63) is 70.6 Å². The molecule has 2 heterocycles. The first-order chi connectivity index (χ1) is 13.2. The minimum absolute atomic E-state index is 0.113. The molecule has 0 N–H and O–H groups in total. The number of hydrogen-bond donors (Lipinski definition) is 0. The predicted octanol–water partition coefficient (Wildman–Crippen LogP) is 4.19. The Hall–Kier alpha value is -3.30. The van der Waals surface area contributed by atoms with Gasteiger partial charge >= 0.3 is 12.1 Å². The Balaban J connectivity index is 1.61. The minimum Gasteiger partial charge on any atom is -0.330 e. The molecular weight excluding hydrogens is 385 g/mol. The second kappa shape index (κ2) is 6.39. The Kier molecular flexibility index (Phi) is 4.13. The molecule has 0 fully saturated rings. The van der Waals surface area contributed by atoms with Gasteiger partial charge in [0.1, 0.15) is 11.6 Å². The van der Waals surface area contributed by atoms with Crippen LogP contribution < -0.4 is 0 Å². The van der Waals surface area contributed by atoms with E-state index in [0.717, 1.165) is 12.1 Å². The van der Waals surface area contributed by atoms with Crippen molar-refractivity contribution < 1.29 is 31.3 Å². The lowest BCUT2D eigenvalue weighted by Crippen LogP contribution is -2.24. The highest BCUT2D eigenvalue weighted by molar-refractivity contribution is 5.99. The predicted molar refractivity (Wildman–Crippen MR) is 84.7 cm³/mol. The summed E-state index contributed by atoms with van der Waals surface area (Å²) in [5.41, 5.74) is 0.694. The van der Waals surface area contributed by atoms with E-state index < -0.39 is 29.6 Å². The smallest absolute Gasteiger partial charge is 0.330 e. The fourth-order valence-corrected chi connectivity index (χ4v) is 2.96. The average Bonchev–Trinajstić information content (AvgIpc) is 3.24. The molecule has 1 aliphatic heterocycles. The van der Waals surface area contributed by atoms with Gasteiger partial charge in [-0.3, -0.25) is 4.79 Å². The number of aromatic nitrogens is 2. The summed E-state index contributed by atoms with van der Waals surface area (Å²) in [6, 6.07) is 7.73. The molecule has 3 aromatic rings. The van der Waals surface area contributed by atoms with E-state index in [4.69, 9.17) is 0 Å². The number of carbonyl (C=O) groups is 1. The molecular formula is C18H10F5N3O2. The third-order valence-electron chi connectivity index (χ3n) is 4.33. The van der Waals surface area contributed by atoms with Gasteiger partial charge in [0, 0.05) is 23.2 Å². The first-order valence-corrected chi connectivity index (χ1v) is 8.00. The molecule has 4 rings (SSSR count). The zero-order valence-corrected chi connectivity index (χ0v) is 13.9. The lowest BCUT2D eigenvalue weighted by Gasteiger charge is -2.16. The highest BCUT2D eigenvalue weighted by Gasteiger charge is 2.38. The minimum atomic E-state index is -4.78. The summed E-state index contributed by atoms with van der Waals surface area (Å²) < 4.78 is 69.7. The van der Waals surface area contributed by atoms with Gasteiger partial charge in [0.05, 0.1) is 6.54 Å². The van der Waals surface area contributed by atoms with Crippen molar-refractivity contribution in [2.75, 3.05) is 0 Å². The van der Waals surface area contributed by atoms with Crippen LogP contribution in [0.2, 0.25) is 0 Å². The zero-order chi connectivity index (χ0) is 20.1. The SMILES string of the molecule is O=C1c2cc(-c3noc(C(F)(F)F)n3)ccc2CN1Cc1c(F)cccc1F. The molecule has 2 aromatic carbocycles. The Morgan fingerprint density at radius 1 is 1.11 bits per heavy atom. The number of amides is 1. The van der Waals surface area contributed by atoms with Gasteiger partial charge in [0.2, 0.25) is 5.82 Å². The highest BCUT2D eigenvalue weighted by Crippen LogP contribution is 2.32. The van der Waals surface area contributed by atoms with Crippen molar-refractivity contribution in [2.24, 2.45) is 0 Å². The molecule has 0 atom stereocenters. The lowest BCUT2D eigenvalue weighted by atomic mass is 10.1. The highest BCUT2D eigenvalue weighted by atomic mass is 19.4. The Bertz CT molecular complexity index is 1060. The molecule has 5 nitrogen and oxygen atoms in total. The normalized spacial score (nSPS) is 13.9. The van der Waals surface area contributed by atoms with E-state index in [1.807, 2.05) is 0 Å². The molecule has 1 aromatic heterocycles. The Morgan fingerprint density at radius 2 is 1.82 bits per heavy atom. The van der Waals surface area contributed by atoms with Gasteiger partial charge in [-0.05, 0) is 23.8 Å². The third-order valence-corrected chi connectivity index (χ3v) is 4.33. The second-order valence-electron chi connectivity index (χ2n) is 6.15. The molecule has 144 valence electrons. The molecule has 0 saturated carbocycles. The van der Waals surface area contributed by atoms with Crippen molar-refractivity contribution in [3.63, 3.8) is 0 Å². The number of hydrogen-bond acceptors (Lipinski definition) is 4. The average molecular weight is 395 g/mol. The molecule has 0 saturated heterocycles. The van der Waals surface area contributed by atoms with Crippen LogP contribution in [0.25, 0.3) is 11.4 Å². The van der Waals surface area contributed by atoms with Crippen LogP contribution in [-0.2, 0) is 19.3 Å². The summed E-state index contributed by atoms with van der Waals surface area (Å²) in [7, 11) is 0. The summed E-state index contributed by atoms with van der Waals surface area (Å²) in [4.78, 5) is 17.1. The van der Waals surface area contributed by atoms with E-state index in [0.29, 0.717) is 5.56 Å². The van der Waals surface area contributed by atoms with Crippen molar-refractivity contribution in [2.45, 2.75) is 19.3 Å². The number of carbonyl (C=O) groups excluding carboxylic acids is 1. The van der Waals surface area contributed by atoms with Crippen molar-refractivity contribution in [1.82, 2.24) is 15.0 Å². The fraction of sp³-hybridized carbons (Fsp3) is 0.167. The maximum Gasteiger partial charge on any atom is 0.471 e. The van der Waals surface area contributed by atoms with E-state index in [9.17, 15) is 26.7 Å². The van der Waals surface area contributed by atoms with Gasteiger partial charge in [0.15, 0.2) is 0 Å². The van der Waals surface area contributed by atoms with E-state index >= 15 is 0 Å². The molecule has 0 radical (unpaired) electrons. The van der Waals surface area contributed by atoms with Crippen LogP contribution in [0.3, 0.4) is 0 Å². The van der Waals surface area contributed by atoms with Crippen LogP contribution >= 0.6 is 0 Å². The Labute approximate surface area is 154 Å². The van der Waals surface area contributed by atoms with Crippen LogP contribution in [-0.4, -0.2) is 20.9 Å². The number of nitrogens with zero attached hydrogens (tertiary/aromatic N) is 3. The molecule has 28 heavy (non-hydrogen) atoms. The van der Waals surface area contributed by atoms with Crippen LogP contribution in [0.1, 0.15) is 27.4 Å². The molecule has 0 unspecified atom stereocenters. The molecule has 0 bridgehead atoms. The van der Waals surface area contributed by atoms with Crippen LogP contribution in [0.5, 0.6) is 0 Å². The molecule has 10 heteroatoms. The zero-order valence-electron chi connectivity index (χ0n) is 13.9. The number of rotatable bonds is 3. The summed E-state index contributed by atoms with van der Waals surface area (Å²) in [5.74, 6) is -3.85. The van der Waals surface area contributed by atoms with Crippen molar-refractivity contribution in [1.29, 1.82) is 0 Å². The van der Waals surface area contributed by atoms with E-state index in [-0.39, 0.29) is 35.6 Å². The standard InChI is InChI=1S/C18H10F5N3O2/c19-13-2-1-3-14(20)12(13)8-26-7-10-5-4-9(6-11(10)16(26)27)15-24-17(28-25-15)18(21,22)23/h1-6H,7-8H2. The van der Waals surface area contributed by atoms with Gasteiger partial charge in [-0.2, -0.15) is 18.2 Å². The number of alkyl halides is 3. The number of halogens is 5. The lowest BCUT2D eigenvalue weighted by molar-refractivity contribution is -0.159. The fourth-order valence-electron chi connectivity index (χ4n) is 2.96. The summed E-state index contributed by atoms with van der Waals surface area (Å²) >= 11 is 0. The summed E-state index contributed by atoms with van der Waals surface area (Å²) in [6.45, 7) is -0.163. The van der Waals surface area contributed by atoms with E-state index in [2.05, 4.69) is 14.7 Å². The molecule has 1 amide bonds. The topological polar surface area (TPSA) is 59.2 Å². The van der Waals surface area contributed by atoms with Crippen LogP contribution in [0.4, 0.5) is 22.0 Å². The quantitative estimate of drug-likeness (QED) is 0.624. The number of fused-ring (bicyclic) bond motifs is 1. The maximum atomic E-state index is 13.8. The first kappa shape index (κ1) is 18.1. The third kappa shape index (κ3) is 3.10. The van der Waals surface area contributed by atoms with Crippen LogP contribution in [0.15, 0.2) is 40.9 Å². The van der Waals surface area contributed by atoms with Crippen LogP contribution in [0, 0.1) is 11.6 Å². The van der Waals surface area contributed by atoms with Gasteiger partial charge in [-0.1, -0.05) is 23.4 Å². The maximum absolute atomic E-state index is 13.8. The molecule has 1 aliphatic rings.